The molecule has 0 aliphatic carbocycles. The second-order valence-electron chi connectivity index (χ2n) is 3.97. The number of aromatic nitrogens is 1. The highest BCUT2D eigenvalue weighted by Crippen LogP contribution is 2.29. The van der Waals surface area contributed by atoms with Gasteiger partial charge in [0.2, 0.25) is 0 Å². The van der Waals surface area contributed by atoms with Gasteiger partial charge in [0.15, 0.2) is 0 Å². The maximum Gasteiger partial charge on any atom is 0.266 e. The molecule has 0 unspecified atom stereocenters. The first-order chi connectivity index (χ1) is 9.83. The van der Waals surface area contributed by atoms with E-state index < -0.39 is 15.6 Å². The summed E-state index contributed by atoms with van der Waals surface area (Å²) in [6.45, 7) is 0. The van der Waals surface area contributed by atoms with E-state index in [2.05, 4.69) is 25.6 Å². The summed E-state index contributed by atoms with van der Waals surface area (Å²) in [6.07, 6.45) is 1.08. The summed E-state index contributed by atoms with van der Waals surface area (Å²) in [4.78, 5) is 13.3. The number of rotatable bonds is 4. The first-order valence-corrected chi connectivity index (χ1v) is 8.23. The average Bonchev–Trinajstić information content (AvgIpc) is 2.43. The van der Waals surface area contributed by atoms with Crippen molar-refractivity contribution in [1.82, 2.24) is 4.98 Å². The van der Waals surface area contributed by atoms with Gasteiger partial charge in [0.1, 0.15) is 15.7 Å². The Balaban J connectivity index is 2.37. The van der Waals surface area contributed by atoms with Gasteiger partial charge >= 0.3 is 0 Å². The van der Waals surface area contributed by atoms with E-state index in [0.717, 1.165) is 12.3 Å². The molecule has 0 bridgehead atoms. The number of H-pyrrole nitrogens is 1. The van der Waals surface area contributed by atoms with Gasteiger partial charge in [0.25, 0.3) is 15.6 Å². The van der Waals surface area contributed by atoms with Gasteiger partial charge in [0, 0.05) is 12.3 Å². The van der Waals surface area contributed by atoms with Crippen LogP contribution >= 0.6 is 27.5 Å². The minimum Gasteiger partial charge on any atom is -0.495 e. The zero-order valence-electron chi connectivity index (χ0n) is 10.7. The van der Waals surface area contributed by atoms with Crippen molar-refractivity contribution in [2.75, 3.05) is 11.8 Å². The molecule has 1 aromatic carbocycles. The molecular formula is C12H10BrClN2O4S. The molecule has 0 fully saturated rings. The molecule has 0 radical (unpaired) electrons. The summed E-state index contributed by atoms with van der Waals surface area (Å²) in [5.41, 5.74) is -0.238. The molecule has 2 N–H and O–H groups in total. The standard InChI is InChI=1S/C12H10BrClN2O4S/c1-20-11-4-7(2-3-9(11)13)16-21(18,19)8-5-10(14)12(17)15-6-8/h2-6,16H,1H3,(H,15,17). The smallest absolute Gasteiger partial charge is 0.266 e. The van der Waals surface area contributed by atoms with E-state index in [0.29, 0.717) is 15.9 Å². The van der Waals surface area contributed by atoms with Crippen LogP contribution in [0.3, 0.4) is 0 Å². The molecule has 0 saturated heterocycles. The van der Waals surface area contributed by atoms with E-state index in [9.17, 15) is 13.2 Å². The van der Waals surface area contributed by atoms with Crippen molar-refractivity contribution in [3.63, 3.8) is 0 Å². The van der Waals surface area contributed by atoms with Crippen LogP contribution in [0.15, 0.2) is 44.6 Å². The van der Waals surface area contributed by atoms with Gasteiger partial charge in [-0.15, -0.1) is 0 Å². The Hall–Kier alpha value is -1.51. The van der Waals surface area contributed by atoms with Crippen LogP contribution in [0.25, 0.3) is 0 Å². The molecule has 0 spiro atoms. The fourth-order valence-electron chi connectivity index (χ4n) is 1.53. The molecule has 2 rings (SSSR count). The third kappa shape index (κ3) is 3.58. The van der Waals surface area contributed by atoms with Crippen LogP contribution in [0.4, 0.5) is 5.69 Å². The Morgan fingerprint density at radius 1 is 1.33 bits per heavy atom. The number of hydrogen-bond acceptors (Lipinski definition) is 4. The summed E-state index contributed by atoms with van der Waals surface area (Å²) in [6, 6.07) is 5.82. The number of hydrogen-bond donors (Lipinski definition) is 2. The van der Waals surface area contributed by atoms with Crippen LogP contribution < -0.4 is 15.0 Å². The van der Waals surface area contributed by atoms with Crippen molar-refractivity contribution in [3.05, 3.63) is 50.3 Å². The fraction of sp³-hybridized carbons (Fsp3) is 0.0833. The Kier molecular flexibility index (Phi) is 4.60. The topological polar surface area (TPSA) is 88.3 Å². The minimum atomic E-state index is -3.87. The number of benzene rings is 1. The van der Waals surface area contributed by atoms with Gasteiger partial charge in [0.05, 0.1) is 17.3 Å². The van der Waals surface area contributed by atoms with Gasteiger partial charge in [-0.05, 0) is 34.1 Å². The number of halogens is 2. The Labute approximate surface area is 134 Å². The maximum absolute atomic E-state index is 12.2. The summed E-state index contributed by atoms with van der Waals surface area (Å²) in [7, 11) is -2.39. The van der Waals surface area contributed by atoms with Crippen molar-refractivity contribution < 1.29 is 13.2 Å². The van der Waals surface area contributed by atoms with Crippen molar-refractivity contribution >= 4 is 43.2 Å². The highest BCUT2D eigenvalue weighted by Gasteiger charge is 2.16. The Morgan fingerprint density at radius 3 is 2.67 bits per heavy atom. The summed E-state index contributed by atoms with van der Waals surface area (Å²) in [5, 5.41) is -0.203. The lowest BCUT2D eigenvalue weighted by molar-refractivity contribution is 0.412. The number of methoxy groups -OCH3 is 1. The molecule has 2 aromatic rings. The van der Waals surface area contributed by atoms with Crippen LogP contribution in [0.2, 0.25) is 5.02 Å². The molecular weight excluding hydrogens is 384 g/mol. The molecule has 0 amide bonds. The number of anilines is 1. The van der Waals surface area contributed by atoms with Crippen LogP contribution in [0, 0.1) is 0 Å². The molecule has 1 heterocycles. The zero-order chi connectivity index (χ0) is 15.6. The molecule has 0 saturated carbocycles. The van der Waals surface area contributed by atoms with E-state index in [1.165, 1.54) is 13.2 Å². The van der Waals surface area contributed by atoms with Crippen molar-refractivity contribution in [1.29, 1.82) is 0 Å². The van der Waals surface area contributed by atoms with Crippen molar-refractivity contribution in [2.45, 2.75) is 4.90 Å². The molecule has 9 heteroatoms. The third-order valence-electron chi connectivity index (χ3n) is 2.55. The van der Waals surface area contributed by atoms with Gasteiger partial charge < -0.3 is 9.72 Å². The van der Waals surface area contributed by atoms with Crippen LogP contribution in [-0.2, 0) is 10.0 Å². The lowest BCUT2D eigenvalue weighted by Gasteiger charge is -2.10. The van der Waals surface area contributed by atoms with Crippen LogP contribution in [-0.4, -0.2) is 20.5 Å². The molecule has 0 atom stereocenters. The van der Waals surface area contributed by atoms with Gasteiger partial charge in [-0.2, -0.15) is 0 Å². The third-order valence-corrected chi connectivity index (χ3v) is 4.84. The van der Waals surface area contributed by atoms with Crippen molar-refractivity contribution in [3.8, 4) is 5.75 Å². The lowest BCUT2D eigenvalue weighted by atomic mass is 10.3. The maximum atomic E-state index is 12.2. The first-order valence-electron chi connectivity index (χ1n) is 5.58. The molecule has 6 nitrogen and oxygen atoms in total. The second kappa shape index (κ2) is 6.08. The molecule has 112 valence electrons. The van der Waals surface area contributed by atoms with Gasteiger partial charge in [-0.3, -0.25) is 9.52 Å². The number of nitrogens with one attached hydrogen (secondary N) is 2. The van der Waals surface area contributed by atoms with Gasteiger partial charge in [-0.1, -0.05) is 11.6 Å². The summed E-state index contributed by atoms with van der Waals surface area (Å²) < 4.78 is 32.6. The molecule has 0 aliphatic rings. The Bertz CT molecular complexity index is 835. The predicted molar refractivity (Wildman–Crippen MR) is 83.6 cm³/mol. The highest BCUT2D eigenvalue weighted by molar-refractivity contribution is 9.10. The highest BCUT2D eigenvalue weighted by atomic mass is 79.9. The fourth-order valence-corrected chi connectivity index (χ4v) is 3.22. The first kappa shape index (κ1) is 15.9. The summed E-state index contributed by atoms with van der Waals surface area (Å²) >= 11 is 8.90. The zero-order valence-corrected chi connectivity index (χ0v) is 13.8. The van der Waals surface area contributed by atoms with Crippen LogP contribution in [0.1, 0.15) is 0 Å². The van der Waals surface area contributed by atoms with Gasteiger partial charge in [-0.25, -0.2) is 8.42 Å². The SMILES string of the molecule is COc1cc(NS(=O)(=O)c2c[nH]c(=O)c(Cl)c2)ccc1Br. The molecule has 0 aliphatic heterocycles. The summed E-state index contributed by atoms with van der Waals surface area (Å²) in [5.74, 6) is 0.481. The number of sulfonamides is 1. The van der Waals surface area contributed by atoms with Crippen LogP contribution in [0.5, 0.6) is 5.75 Å². The van der Waals surface area contributed by atoms with E-state index in [1.54, 1.807) is 12.1 Å². The van der Waals surface area contributed by atoms with E-state index in [-0.39, 0.29) is 9.92 Å². The minimum absolute atomic E-state index is 0.144. The quantitative estimate of drug-likeness (QED) is 0.836. The monoisotopic (exact) mass is 392 g/mol. The normalized spacial score (nSPS) is 11.2. The van der Waals surface area contributed by atoms with E-state index in [1.807, 2.05) is 0 Å². The largest absolute Gasteiger partial charge is 0.495 e. The second-order valence-corrected chi connectivity index (χ2v) is 6.91. The van der Waals surface area contributed by atoms with E-state index >= 15 is 0 Å². The number of ether oxygens (including phenoxy) is 1. The van der Waals surface area contributed by atoms with Crippen molar-refractivity contribution in [2.24, 2.45) is 0 Å². The Morgan fingerprint density at radius 2 is 2.05 bits per heavy atom. The number of aromatic amines is 1. The predicted octanol–water partition coefficient (Wildman–Crippen LogP) is 2.60. The average molecular weight is 394 g/mol. The number of pyridine rings is 1. The molecule has 21 heavy (non-hydrogen) atoms. The lowest BCUT2D eigenvalue weighted by Crippen LogP contribution is -2.16. The molecule has 1 aromatic heterocycles. The van der Waals surface area contributed by atoms with E-state index in [4.69, 9.17) is 16.3 Å².